The van der Waals surface area contributed by atoms with Gasteiger partial charge in [-0.1, -0.05) is 35.9 Å². The third kappa shape index (κ3) is 5.24. The maximum Gasteiger partial charge on any atom is 0.148 e. The summed E-state index contributed by atoms with van der Waals surface area (Å²) in [4.78, 5) is 0. The second kappa shape index (κ2) is 9.09. The van der Waals surface area contributed by atoms with Crippen LogP contribution in [0.5, 0.6) is 5.75 Å². The molecule has 0 fully saturated rings. The van der Waals surface area contributed by atoms with E-state index < -0.39 is 0 Å². The standard InChI is InChI=1S/C21H17Br2ClFNO/c1-13-6-7-16(24)10-20(13)26-11-14-8-17(22)21(18(23)9-14)27-12-15-4-2-3-5-19(15)25/h2-10,26H,11-12H2,1H3. The zero-order valence-electron chi connectivity index (χ0n) is 14.5. The van der Waals surface area contributed by atoms with Crippen molar-refractivity contribution in [3.05, 3.63) is 91.1 Å². The van der Waals surface area contributed by atoms with Gasteiger partial charge in [0, 0.05) is 22.8 Å². The molecule has 0 heterocycles. The quantitative estimate of drug-likeness (QED) is 0.368. The molecule has 0 aliphatic rings. The molecule has 27 heavy (non-hydrogen) atoms. The summed E-state index contributed by atoms with van der Waals surface area (Å²) in [6.45, 7) is 2.82. The molecule has 3 rings (SSSR count). The van der Waals surface area contributed by atoms with E-state index in [1.54, 1.807) is 18.2 Å². The number of ether oxygens (including phenoxy) is 1. The number of aryl methyl sites for hydroxylation is 1. The molecule has 0 unspecified atom stereocenters. The van der Waals surface area contributed by atoms with Crippen LogP contribution in [0.3, 0.4) is 0 Å². The second-order valence-electron chi connectivity index (χ2n) is 6.08. The normalized spacial score (nSPS) is 10.7. The molecular formula is C21H17Br2ClFNO. The lowest BCUT2D eigenvalue weighted by molar-refractivity contribution is 0.296. The molecule has 1 N–H and O–H groups in total. The van der Waals surface area contributed by atoms with E-state index in [9.17, 15) is 4.39 Å². The van der Waals surface area contributed by atoms with Gasteiger partial charge in [-0.05, 0) is 80.2 Å². The lowest BCUT2D eigenvalue weighted by Crippen LogP contribution is -2.03. The van der Waals surface area contributed by atoms with Gasteiger partial charge in [0.1, 0.15) is 18.2 Å². The Balaban J connectivity index is 1.71. The average Bonchev–Trinajstić information content (AvgIpc) is 2.63. The van der Waals surface area contributed by atoms with Crippen molar-refractivity contribution in [1.82, 2.24) is 0 Å². The molecule has 0 atom stereocenters. The number of rotatable bonds is 6. The number of hydrogen-bond donors (Lipinski definition) is 1. The van der Waals surface area contributed by atoms with E-state index in [0.29, 0.717) is 22.9 Å². The Labute approximate surface area is 180 Å². The topological polar surface area (TPSA) is 21.3 Å². The first kappa shape index (κ1) is 20.2. The van der Waals surface area contributed by atoms with E-state index in [2.05, 4.69) is 37.2 Å². The predicted molar refractivity (Wildman–Crippen MR) is 116 cm³/mol. The summed E-state index contributed by atoms with van der Waals surface area (Å²) in [5.41, 5.74) is 3.70. The van der Waals surface area contributed by atoms with Gasteiger partial charge in [-0.3, -0.25) is 0 Å². The largest absolute Gasteiger partial charge is 0.486 e. The van der Waals surface area contributed by atoms with Gasteiger partial charge in [0.2, 0.25) is 0 Å². The zero-order chi connectivity index (χ0) is 19.4. The summed E-state index contributed by atoms with van der Waals surface area (Å²) in [5.74, 6) is 0.364. The average molecular weight is 514 g/mol. The summed E-state index contributed by atoms with van der Waals surface area (Å²) in [6, 6.07) is 16.3. The van der Waals surface area contributed by atoms with Gasteiger partial charge in [-0.25, -0.2) is 4.39 Å². The van der Waals surface area contributed by atoms with Crippen LogP contribution in [0.2, 0.25) is 5.02 Å². The Hall–Kier alpha value is -1.56. The number of halogens is 4. The molecule has 3 aromatic rings. The highest BCUT2D eigenvalue weighted by molar-refractivity contribution is 9.11. The van der Waals surface area contributed by atoms with E-state index >= 15 is 0 Å². The molecular weight excluding hydrogens is 496 g/mol. The van der Waals surface area contributed by atoms with E-state index in [1.807, 2.05) is 37.3 Å². The van der Waals surface area contributed by atoms with Crippen LogP contribution in [0.25, 0.3) is 0 Å². The first-order valence-electron chi connectivity index (χ1n) is 8.28. The molecule has 3 aromatic carbocycles. The lowest BCUT2D eigenvalue weighted by Gasteiger charge is -2.14. The maximum absolute atomic E-state index is 13.8. The minimum Gasteiger partial charge on any atom is -0.486 e. The van der Waals surface area contributed by atoms with Crippen molar-refractivity contribution in [1.29, 1.82) is 0 Å². The van der Waals surface area contributed by atoms with Crippen LogP contribution in [0, 0.1) is 12.7 Å². The van der Waals surface area contributed by atoms with Crippen LogP contribution in [-0.2, 0) is 13.2 Å². The van der Waals surface area contributed by atoms with Crippen molar-refractivity contribution < 1.29 is 9.13 Å². The van der Waals surface area contributed by atoms with Crippen molar-refractivity contribution in [3.8, 4) is 5.75 Å². The molecule has 6 heteroatoms. The van der Waals surface area contributed by atoms with Crippen LogP contribution in [0.15, 0.2) is 63.5 Å². The van der Waals surface area contributed by atoms with Crippen molar-refractivity contribution in [2.24, 2.45) is 0 Å². The van der Waals surface area contributed by atoms with Crippen LogP contribution in [0.1, 0.15) is 16.7 Å². The van der Waals surface area contributed by atoms with E-state index in [1.165, 1.54) is 6.07 Å². The van der Waals surface area contributed by atoms with Gasteiger partial charge in [0.25, 0.3) is 0 Å². The third-order valence-electron chi connectivity index (χ3n) is 4.07. The Kier molecular flexibility index (Phi) is 6.79. The molecule has 0 spiro atoms. The number of anilines is 1. The fourth-order valence-electron chi connectivity index (χ4n) is 2.60. The predicted octanol–water partition coefficient (Wildman–Crippen LogP) is 7.50. The zero-order valence-corrected chi connectivity index (χ0v) is 18.5. The Morgan fingerprint density at radius 2 is 1.74 bits per heavy atom. The maximum atomic E-state index is 13.8. The van der Waals surface area contributed by atoms with Crippen LogP contribution < -0.4 is 10.1 Å². The fourth-order valence-corrected chi connectivity index (χ4v) is 4.28. The van der Waals surface area contributed by atoms with Gasteiger partial charge in [-0.2, -0.15) is 0 Å². The Morgan fingerprint density at radius 3 is 2.44 bits per heavy atom. The SMILES string of the molecule is Cc1ccc(Cl)cc1NCc1cc(Br)c(OCc2ccccc2F)c(Br)c1. The highest BCUT2D eigenvalue weighted by Crippen LogP contribution is 2.36. The highest BCUT2D eigenvalue weighted by atomic mass is 79.9. The molecule has 0 saturated heterocycles. The molecule has 0 saturated carbocycles. The first-order chi connectivity index (χ1) is 12.9. The molecule has 0 aliphatic carbocycles. The number of nitrogens with one attached hydrogen (secondary N) is 1. The van der Waals surface area contributed by atoms with E-state index in [4.69, 9.17) is 16.3 Å². The highest BCUT2D eigenvalue weighted by Gasteiger charge is 2.11. The van der Waals surface area contributed by atoms with E-state index in [0.717, 1.165) is 25.8 Å². The van der Waals surface area contributed by atoms with Crippen LogP contribution in [0.4, 0.5) is 10.1 Å². The van der Waals surface area contributed by atoms with Gasteiger partial charge in [0.05, 0.1) is 8.95 Å². The van der Waals surface area contributed by atoms with Crippen LogP contribution in [-0.4, -0.2) is 0 Å². The molecule has 140 valence electrons. The smallest absolute Gasteiger partial charge is 0.148 e. The monoisotopic (exact) mass is 511 g/mol. The summed E-state index contributed by atoms with van der Waals surface area (Å²) in [5, 5.41) is 4.09. The lowest BCUT2D eigenvalue weighted by atomic mass is 10.1. The van der Waals surface area contributed by atoms with Gasteiger partial charge in [-0.15, -0.1) is 0 Å². The Bertz CT molecular complexity index is 942. The molecule has 2 nitrogen and oxygen atoms in total. The van der Waals surface area contributed by atoms with Crippen LogP contribution >= 0.6 is 43.5 Å². The molecule has 0 radical (unpaired) electrons. The summed E-state index contributed by atoms with van der Waals surface area (Å²) in [6.07, 6.45) is 0. The molecule has 0 aromatic heterocycles. The number of hydrogen-bond acceptors (Lipinski definition) is 2. The minimum atomic E-state index is -0.276. The van der Waals surface area contributed by atoms with Crippen molar-refractivity contribution >= 4 is 49.1 Å². The van der Waals surface area contributed by atoms with Crippen molar-refractivity contribution in [2.75, 3.05) is 5.32 Å². The summed E-state index contributed by atoms with van der Waals surface area (Å²) < 4.78 is 21.2. The van der Waals surface area contributed by atoms with Gasteiger partial charge >= 0.3 is 0 Å². The third-order valence-corrected chi connectivity index (χ3v) is 5.48. The molecule has 0 aliphatic heterocycles. The molecule has 0 bridgehead atoms. The molecule has 0 amide bonds. The van der Waals surface area contributed by atoms with Crippen molar-refractivity contribution in [3.63, 3.8) is 0 Å². The van der Waals surface area contributed by atoms with E-state index in [-0.39, 0.29) is 12.4 Å². The van der Waals surface area contributed by atoms with Gasteiger partial charge in [0.15, 0.2) is 0 Å². The van der Waals surface area contributed by atoms with Crippen molar-refractivity contribution in [2.45, 2.75) is 20.1 Å². The minimum absolute atomic E-state index is 0.156. The first-order valence-corrected chi connectivity index (χ1v) is 10.2. The summed E-state index contributed by atoms with van der Waals surface area (Å²) in [7, 11) is 0. The Morgan fingerprint density at radius 1 is 1.04 bits per heavy atom. The summed E-state index contributed by atoms with van der Waals surface area (Å²) >= 11 is 13.2. The number of benzene rings is 3. The van der Waals surface area contributed by atoms with Gasteiger partial charge < -0.3 is 10.1 Å². The fraction of sp³-hybridized carbons (Fsp3) is 0.143. The second-order valence-corrected chi connectivity index (χ2v) is 8.23.